The van der Waals surface area contributed by atoms with Crippen molar-refractivity contribution in [2.24, 2.45) is 23.7 Å². The van der Waals surface area contributed by atoms with Crippen LogP contribution in [0.25, 0.3) is 0 Å². The fraction of sp³-hybridized carbons (Fsp3) is 0.921. The Morgan fingerprint density at radius 2 is 0.727 bits per heavy atom. The Morgan fingerprint density at radius 3 is 0.927 bits per heavy atom. The molecule has 0 aromatic carbocycles. The Balaban J connectivity index is 0. The first kappa shape index (κ1) is 59.3. The van der Waals surface area contributed by atoms with Crippen LogP contribution < -0.4 is 51.4 Å². The van der Waals surface area contributed by atoms with Gasteiger partial charge in [-0.15, -0.1) is 0 Å². The maximum Gasteiger partial charge on any atom is 1.00 e. The van der Waals surface area contributed by atoms with Gasteiger partial charge in [-0.3, -0.25) is 9.59 Å². The summed E-state index contributed by atoms with van der Waals surface area (Å²) in [5.41, 5.74) is 0. The number of hydrogen-bond donors (Lipinski definition) is 0. The van der Waals surface area contributed by atoms with Gasteiger partial charge in [0.1, 0.15) is 0 Å². The van der Waals surface area contributed by atoms with Crippen LogP contribution in [0, 0.1) is 23.7 Å². The van der Waals surface area contributed by atoms with Gasteiger partial charge >= 0.3 is 51.4 Å². The second-order valence-corrected chi connectivity index (χ2v) is 18.1. The van der Waals surface area contributed by atoms with Gasteiger partial charge in [0.05, 0.1) is 52.9 Å². The standard InChI is InChI=1S/C20H36O6S2.C16H30Br2O4.C2H4OS.K/c1-15(21)27-11-9-23-17(3)25-13-19-5-7-20(8-6-19)14-26-18(4)24-10-12-28-16(2)22;1-13(19-9-7-17)21-11-15-3-5-16(6-4-15)12-22-14(2)20-10-8-18;1-2(3)4;/h17-20H,5-14H2,1-4H3;13-16H,3-12H2,1-2H3;1H3,(H,3,4);/q;;;+1/p-1. The zero-order valence-electron chi connectivity index (χ0n) is 34.7. The summed E-state index contributed by atoms with van der Waals surface area (Å²) >= 11 is 13.2. The maximum absolute atomic E-state index is 10.9. The van der Waals surface area contributed by atoms with Crippen LogP contribution in [0.5, 0.6) is 0 Å². The SMILES string of the molecule is CC(=O)SCCOC(C)OCC1CCC(COC(C)OCCSC(C)=O)CC1.CC(=O)[S-].CC(OCCBr)OCC1CCC(COC(C)OCCBr)CC1.[K+]. The number of thioether (sulfide) groups is 2. The number of hydrogen-bond acceptors (Lipinski definition) is 14. The minimum atomic E-state index is -0.250. The van der Waals surface area contributed by atoms with Gasteiger partial charge in [-0.2, -0.15) is 0 Å². The van der Waals surface area contributed by atoms with Crippen molar-refractivity contribution < 1.29 is 104 Å². The van der Waals surface area contributed by atoms with Gasteiger partial charge < -0.3 is 55.3 Å². The molecule has 2 aliphatic rings. The molecule has 4 atom stereocenters. The molecule has 17 heteroatoms. The van der Waals surface area contributed by atoms with Crippen LogP contribution >= 0.6 is 55.4 Å². The molecule has 2 rings (SSSR count). The van der Waals surface area contributed by atoms with E-state index in [1.807, 2.05) is 27.7 Å². The van der Waals surface area contributed by atoms with Gasteiger partial charge in [0.15, 0.2) is 35.4 Å². The van der Waals surface area contributed by atoms with Crippen LogP contribution in [0.2, 0.25) is 0 Å². The minimum absolute atomic E-state index is 0. The molecule has 0 N–H and O–H groups in total. The number of rotatable bonds is 26. The summed E-state index contributed by atoms with van der Waals surface area (Å²) in [5.74, 6) is 3.82. The van der Waals surface area contributed by atoms with Crippen molar-refractivity contribution in [1.82, 2.24) is 0 Å². The minimum Gasteiger partial charge on any atom is -0.742 e. The molecule has 0 bridgehead atoms. The average Bonchev–Trinajstić information content (AvgIpc) is 3.13. The molecule has 0 radical (unpaired) electrons. The molecule has 0 aliphatic heterocycles. The third-order valence-corrected chi connectivity index (χ3v) is 10.7. The van der Waals surface area contributed by atoms with E-state index in [2.05, 4.69) is 44.5 Å². The van der Waals surface area contributed by atoms with Gasteiger partial charge in [0.2, 0.25) is 0 Å². The Bertz CT molecular complexity index is 864. The monoisotopic (exact) mass is 994 g/mol. The van der Waals surface area contributed by atoms with Gasteiger partial charge in [-0.05, 0) is 110 Å². The van der Waals surface area contributed by atoms with Crippen molar-refractivity contribution >= 4 is 83.4 Å². The first-order chi connectivity index (χ1) is 25.7. The molecule has 4 unspecified atom stereocenters. The molecule has 0 aromatic rings. The quantitative estimate of drug-likeness (QED) is 0.0355. The molecule has 0 heterocycles. The van der Waals surface area contributed by atoms with Crippen molar-refractivity contribution in [3.8, 4) is 0 Å². The van der Waals surface area contributed by atoms with Crippen molar-refractivity contribution in [2.45, 2.75) is 125 Å². The van der Waals surface area contributed by atoms with Crippen LogP contribution in [0.3, 0.4) is 0 Å². The molecule has 2 fully saturated rings. The number of alkyl halides is 2. The molecule has 2 aliphatic carbocycles. The Hall–Kier alpha value is 2.21. The zero-order chi connectivity index (χ0) is 40.6. The molecule has 11 nitrogen and oxygen atoms in total. The van der Waals surface area contributed by atoms with E-state index in [9.17, 15) is 14.4 Å². The second kappa shape index (κ2) is 40.3. The van der Waals surface area contributed by atoms with Gasteiger partial charge in [0, 0.05) is 41.1 Å². The molecule has 0 amide bonds. The largest absolute Gasteiger partial charge is 1.00 e. The molecule has 2 saturated carbocycles. The van der Waals surface area contributed by atoms with Crippen molar-refractivity contribution in [3.63, 3.8) is 0 Å². The summed E-state index contributed by atoms with van der Waals surface area (Å²) in [6.07, 6.45) is 8.78. The molecular formula is C38H69Br2KO11S3. The smallest absolute Gasteiger partial charge is 0.742 e. The van der Waals surface area contributed by atoms with Crippen LogP contribution in [-0.2, 0) is 64.9 Å². The van der Waals surface area contributed by atoms with E-state index >= 15 is 0 Å². The summed E-state index contributed by atoms with van der Waals surface area (Å²) in [5, 5.41) is 1.68. The van der Waals surface area contributed by atoms with E-state index < -0.39 is 0 Å². The molecule has 0 spiro atoms. The third kappa shape index (κ3) is 40.1. The fourth-order valence-electron chi connectivity index (χ4n) is 5.63. The van der Waals surface area contributed by atoms with Gasteiger partial charge in [0.25, 0.3) is 0 Å². The van der Waals surface area contributed by atoms with E-state index in [0.717, 1.165) is 62.8 Å². The van der Waals surface area contributed by atoms with Gasteiger partial charge in [-0.25, -0.2) is 0 Å². The predicted octanol–water partition coefficient (Wildman–Crippen LogP) is 5.54. The summed E-state index contributed by atoms with van der Waals surface area (Å²) in [6, 6.07) is 0. The normalized spacial score (nSPS) is 21.7. The van der Waals surface area contributed by atoms with Crippen molar-refractivity contribution in [1.29, 1.82) is 0 Å². The van der Waals surface area contributed by atoms with E-state index in [0.29, 0.717) is 61.6 Å². The van der Waals surface area contributed by atoms with E-state index in [1.54, 1.807) is 13.8 Å². The van der Waals surface area contributed by atoms with Crippen LogP contribution in [0.1, 0.15) is 99.8 Å². The third-order valence-electron chi connectivity index (χ3n) is 8.54. The first-order valence-electron chi connectivity index (χ1n) is 19.2. The van der Waals surface area contributed by atoms with Crippen LogP contribution in [-0.4, -0.2) is 116 Å². The zero-order valence-corrected chi connectivity index (χ0v) is 43.5. The molecule has 55 heavy (non-hydrogen) atoms. The molecular weight excluding hydrogens is 928 g/mol. The molecule has 0 aromatic heterocycles. The van der Waals surface area contributed by atoms with Gasteiger partial charge in [-0.1, -0.05) is 55.4 Å². The van der Waals surface area contributed by atoms with Crippen LogP contribution in [0.15, 0.2) is 0 Å². The van der Waals surface area contributed by atoms with E-state index in [-0.39, 0.29) is 91.9 Å². The summed E-state index contributed by atoms with van der Waals surface area (Å²) in [6.45, 7) is 17.7. The number of carbonyl (C=O) groups is 3. The summed E-state index contributed by atoms with van der Waals surface area (Å²) in [4.78, 5) is 31.0. The average molecular weight is 997 g/mol. The summed E-state index contributed by atoms with van der Waals surface area (Å²) < 4.78 is 45.3. The second-order valence-electron chi connectivity index (χ2n) is 13.4. The molecule has 0 saturated heterocycles. The van der Waals surface area contributed by atoms with Crippen molar-refractivity contribution in [3.05, 3.63) is 0 Å². The topological polar surface area (TPSA) is 125 Å². The fourth-order valence-corrected chi connectivity index (χ4v) is 6.94. The molecule has 320 valence electrons. The maximum atomic E-state index is 10.9. The predicted molar refractivity (Wildman–Crippen MR) is 228 cm³/mol. The number of ether oxygens (including phenoxy) is 8. The number of halogens is 2. The summed E-state index contributed by atoms with van der Waals surface area (Å²) in [7, 11) is 0. The Labute approximate surface area is 406 Å². The van der Waals surface area contributed by atoms with E-state index in [1.165, 1.54) is 56.1 Å². The van der Waals surface area contributed by atoms with E-state index in [4.69, 9.17) is 37.9 Å². The first-order valence-corrected chi connectivity index (χ1v) is 23.9. The Kier molecular flexibility index (Phi) is 43.4. The Morgan fingerprint density at radius 1 is 0.509 bits per heavy atom. The van der Waals surface area contributed by atoms with Crippen LogP contribution in [0.4, 0.5) is 0 Å². The van der Waals surface area contributed by atoms with Crippen molar-refractivity contribution in [2.75, 3.05) is 75.0 Å². The number of carbonyl (C=O) groups excluding carboxylic acids is 3.